The van der Waals surface area contributed by atoms with Crippen molar-refractivity contribution in [1.29, 1.82) is 0 Å². The maximum absolute atomic E-state index is 6.49. The maximum Gasteiger partial charge on any atom is 0.127 e. The molecule has 1 aromatic rings. The molecule has 4 N–H and O–H groups in total. The summed E-state index contributed by atoms with van der Waals surface area (Å²) in [6.45, 7) is 16.8. The van der Waals surface area contributed by atoms with Crippen LogP contribution in [0.1, 0.15) is 72.1 Å². The lowest BCUT2D eigenvalue weighted by Crippen LogP contribution is -2.33. The molecule has 0 atom stereocenters. The highest BCUT2D eigenvalue weighted by Gasteiger charge is 2.21. The lowest BCUT2D eigenvalue weighted by atomic mass is 9.77. The fourth-order valence-corrected chi connectivity index (χ4v) is 4.27. The van der Waals surface area contributed by atoms with E-state index in [1.165, 1.54) is 11.1 Å². The number of ether oxygens (including phenoxy) is 1. The van der Waals surface area contributed by atoms with Crippen LogP contribution in [-0.2, 0) is 4.74 Å². The van der Waals surface area contributed by atoms with Gasteiger partial charge in [0.25, 0.3) is 0 Å². The van der Waals surface area contributed by atoms with E-state index < -0.39 is 0 Å². The molecule has 0 aromatic carbocycles. The van der Waals surface area contributed by atoms with E-state index in [9.17, 15) is 0 Å². The Bertz CT molecular complexity index is 1140. The Hall–Kier alpha value is -3.33. The summed E-state index contributed by atoms with van der Waals surface area (Å²) in [7, 11) is 1.69. The number of nitrogens with two attached hydrogens (primary N) is 2. The minimum atomic E-state index is 0.202. The SMILES string of the molecule is C#C.CCC(C)(C)/C(=C/C=C(\C)CN(N)C/C=C(\N)C1=CC(OC)=C(c2ccnc(C)c2)C=CC1)CC(C)C. The number of terminal acetylenes is 1. The smallest absolute Gasteiger partial charge is 0.127 e. The first-order valence-corrected chi connectivity index (χ1v) is 13.7. The summed E-state index contributed by atoms with van der Waals surface area (Å²) >= 11 is 0. The van der Waals surface area contributed by atoms with Crippen molar-refractivity contribution >= 4 is 5.57 Å². The first-order chi connectivity index (χ1) is 18.5. The summed E-state index contributed by atoms with van der Waals surface area (Å²) in [5.41, 5.74) is 14.2. The van der Waals surface area contributed by atoms with Gasteiger partial charge in [-0.05, 0) is 79.9 Å². The van der Waals surface area contributed by atoms with Gasteiger partial charge in [-0.3, -0.25) is 10.8 Å². The Balaban J connectivity index is 0.00000371. The molecule has 5 heteroatoms. The van der Waals surface area contributed by atoms with Crippen LogP contribution in [0.15, 0.2) is 83.0 Å². The van der Waals surface area contributed by atoms with Crippen LogP contribution in [0.5, 0.6) is 0 Å². The van der Waals surface area contributed by atoms with E-state index in [1.807, 2.05) is 31.3 Å². The molecule has 39 heavy (non-hydrogen) atoms. The van der Waals surface area contributed by atoms with Gasteiger partial charge < -0.3 is 10.5 Å². The zero-order valence-electron chi connectivity index (χ0n) is 25.4. The van der Waals surface area contributed by atoms with Crippen molar-refractivity contribution in [2.45, 2.75) is 67.7 Å². The Kier molecular flexibility index (Phi) is 14.3. The summed E-state index contributed by atoms with van der Waals surface area (Å²) < 4.78 is 5.74. The quantitative estimate of drug-likeness (QED) is 0.129. The van der Waals surface area contributed by atoms with Crippen molar-refractivity contribution in [3.05, 3.63) is 94.2 Å². The Morgan fingerprint density at radius 2 is 1.95 bits per heavy atom. The lowest BCUT2D eigenvalue weighted by Gasteiger charge is -2.28. The highest BCUT2D eigenvalue weighted by Crippen LogP contribution is 2.34. The molecule has 2 rings (SSSR count). The van der Waals surface area contributed by atoms with Crippen LogP contribution < -0.4 is 11.6 Å². The average molecular weight is 531 g/mol. The normalized spacial score (nSPS) is 15.2. The molecular formula is C34H50N4O. The predicted octanol–water partition coefficient (Wildman–Crippen LogP) is 7.26. The highest BCUT2D eigenvalue weighted by atomic mass is 16.5. The van der Waals surface area contributed by atoms with Crippen LogP contribution in [0, 0.1) is 31.1 Å². The topological polar surface area (TPSA) is 77.4 Å². The van der Waals surface area contributed by atoms with Crippen LogP contribution in [0.25, 0.3) is 5.57 Å². The number of hydrogen-bond donors (Lipinski definition) is 2. The van der Waals surface area contributed by atoms with Gasteiger partial charge in [0.05, 0.1) is 7.11 Å². The summed E-state index contributed by atoms with van der Waals surface area (Å²) in [5.74, 6) is 7.77. The first-order valence-electron chi connectivity index (χ1n) is 13.7. The van der Waals surface area contributed by atoms with Crippen molar-refractivity contribution in [3.8, 4) is 12.8 Å². The Labute approximate surface area is 238 Å². The number of hydrogen-bond acceptors (Lipinski definition) is 5. The number of rotatable bonds is 12. The van der Waals surface area contributed by atoms with Crippen molar-refractivity contribution in [1.82, 2.24) is 9.99 Å². The molecule has 0 bridgehead atoms. The molecule has 1 aliphatic rings. The molecule has 212 valence electrons. The van der Waals surface area contributed by atoms with Crippen LogP contribution in [0.2, 0.25) is 0 Å². The zero-order valence-corrected chi connectivity index (χ0v) is 25.4. The summed E-state index contributed by atoms with van der Waals surface area (Å²) in [5, 5.41) is 1.80. The van der Waals surface area contributed by atoms with E-state index in [1.54, 1.807) is 12.1 Å². The van der Waals surface area contributed by atoms with Gasteiger partial charge in [-0.2, -0.15) is 0 Å². The molecule has 0 saturated carbocycles. The molecule has 0 aliphatic heterocycles. The Morgan fingerprint density at radius 1 is 1.26 bits per heavy atom. The number of allylic oxidation sites excluding steroid dienone is 8. The first kappa shape index (κ1) is 33.7. The molecule has 1 aliphatic carbocycles. The van der Waals surface area contributed by atoms with E-state index in [0.29, 0.717) is 24.7 Å². The average Bonchev–Trinajstić information content (AvgIpc) is 3.13. The van der Waals surface area contributed by atoms with Gasteiger partial charge in [-0.1, -0.05) is 70.1 Å². The van der Waals surface area contributed by atoms with E-state index in [-0.39, 0.29) is 5.41 Å². The molecule has 1 heterocycles. The number of aromatic nitrogens is 1. The van der Waals surface area contributed by atoms with Crippen LogP contribution in [0.3, 0.4) is 0 Å². The third-order valence-corrected chi connectivity index (χ3v) is 6.94. The second-order valence-electron chi connectivity index (χ2n) is 11.1. The monoisotopic (exact) mass is 530 g/mol. The summed E-state index contributed by atoms with van der Waals surface area (Å²) in [6.07, 6.45) is 25.5. The molecule has 0 spiro atoms. The largest absolute Gasteiger partial charge is 0.496 e. The van der Waals surface area contributed by atoms with Gasteiger partial charge in [0, 0.05) is 36.3 Å². The van der Waals surface area contributed by atoms with Gasteiger partial charge in [0.15, 0.2) is 0 Å². The number of hydrazine groups is 1. The molecule has 0 amide bonds. The number of aryl methyl sites for hydroxylation is 1. The standard InChI is InChI=1S/C32H48N4O.C2H2/c1-9-32(6,7)28(19-23(2)3)14-13-24(4)22-36(34)18-16-30(33)27-11-10-12-29(31(21-27)37-8)26-15-17-35-25(5)20-26;1-2/h10,12-17,20-21,23H,9,11,18-19,22,33-34H2,1-8H3;1-2H/b24-13+,28-14+,30-16-;. The molecule has 1 aromatic heterocycles. The minimum Gasteiger partial charge on any atom is -0.496 e. The van der Waals surface area contributed by atoms with Crippen LogP contribution in [0.4, 0.5) is 0 Å². The fraction of sp³-hybridized carbons (Fsp3) is 0.441. The third-order valence-electron chi connectivity index (χ3n) is 6.94. The highest BCUT2D eigenvalue weighted by molar-refractivity contribution is 5.78. The number of pyridine rings is 1. The van der Waals surface area contributed by atoms with E-state index in [4.69, 9.17) is 16.3 Å². The molecule has 0 saturated heterocycles. The zero-order chi connectivity index (χ0) is 29.6. The maximum atomic E-state index is 6.49. The summed E-state index contributed by atoms with van der Waals surface area (Å²) in [6, 6.07) is 4.05. The van der Waals surface area contributed by atoms with Gasteiger partial charge in [-0.25, -0.2) is 5.01 Å². The van der Waals surface area contributed by atoms with Gasteiger partial charge in [0.1, 0.15) is 5.76 Å². The molecule has 5 nitrogen and oxygen atoms in total. The van der Waals surface area contributed by atoms with Crippen molar-refractivity contribution in [2.75, 3.05) is 20.2 Å². The molecular weight excluding hydrogens is 480 g/mol. The second kappa shape index (κ2) is 16.6. The fourth-order valence-electron chi connectivity index (χ4n) is 4.27. The van der Waals surface area contributed by atoms with Gasteiger partial charge >= 0.3 is 0 Å². The molecule has 0 fully saturated rings. The number of nitrogens with zero attached hydrogens (tertiary/aromatic N) is 2. The van der Waals surface area contributed by atoms with Crippen molar-refractivity contribution in [2.24, 2.45) is 22.9 Å². The van der Waals surface area contributed by atoms with Crippen molar-refractivity contribution < 1.29 is 4.74 Å². The van der Waals surface area contributed by atoms with Gasteiger partial charge in [0.2, 0.25) is 0 Å². The lowest BCUT2D eigenvalue weighted by molar-refractivity contribution is 0.309. The van der Waals surface area contributed by atoms with Gasteiger partial charge in [-0.15, -0.1) is 12.8 Å². The van der Waals surface area contributed by atoms with E-state index in [0.717, 1.165) is 47.4 Å². The Morgan fingerprint density at radius 3 is 2.54 bits per heavy atom. The third kappa shape index (κ3) is 11.1. The van der Waals surface area contributed by atoms with Crippen molar-refractivity contribution in [3.63, 3.8) is 0 Å². The van der Waals surface area contributed by atoms with Crippen LogP contribution >= 0.6 is 0 Å². The second-order valence-corrected chi connectivity index (χ2v) is 11.1. The van der Waals surface area contributed by atoms with E-state index in [2.05, 4.69) is 89.7 Å². The predicted molar refractivity (Wildman–Crippen MR) is 168 cm³/mol. The minimum absolute atomic E-state index is 0.202. The number of methoxy groups -OCH3 is 1. The molecule has 0 radical (unpaired) electrons. The summed E-state index contributed by atoms with van der Waals surface area (Å²) in [4.78, 5) is 4.30. The molecule has 0 unspecified atom stereocenters. The van der Waals surface area contributed by atoms with E-state index >= 15 is 0 Å². The van der Waals surface area contributed by atoms with Crippen LogP contribution in [-0.4, -0.2) is 30.2 Å².